The van der Waals surface area contributed by atoms with Gasteiger partial charge in [0.05, 0.1) is 46.2 Å². The Morgan fingerprint density at radius 3 is 1.12 bits per heavy atom. The zero-order valence-electron chi connectivity index (χ0n) is 46.7. The van der Waals surface area contributed by atoms with Crippen molar-refractivity contribution < 1.29 is 33.3 Å². The summed E-state index contributed by atoms with van der Waals surface area (Å²) in [6.45, 7) is 20.7. The van der Waals surface area contributed by atoms with Gasteiger partial charge in [-0.3, -0.25) is 14.5 Å². The molecule has 0 heterocycles. The minimum atomic E-state index is 0.0107. The molecule has 0 aromatic heterocycles. The van der Waals surface area contributed by atoms with Crippen molar-refractivity contribution in [3.05, 3.63) is 0 Å². The van der Waals surface area contributed by atoms with Gasteiger partial charge < -0.3 is 23.7 Å². The Labute approximate surface area is 424 Å². The molecule has 2 atom stereocenters. The molecule has 0 aliphatic rings. The van der Waals surface area contributed by atoms with Gasteiger partial charge in [0, 0.05) is 32.0 Å². The first-order chi connectivity index (χ1) is 33.4. The van der Waals surface area contributed by atoms with Crippen LogP contribution in [0.1, 0.15) is 292 Å². The molecule has 406 valence electrons. The molecule has 0 amide bonds. The van der Waals surface area contributed by atoms with Crippen LogP contribution in [0.15, 0.2) is 0 Å². The average molecular weight is 967 g/mol. The van der Waals surface area contributed by atoms with Gasteiger partial charge in [-0.1, -0.05) is 214 Å². The largest absolute Gasteiger partial charge is 0.465 e. The number of carbonyl (C=O) groups excluding carboxylic acids is 2. The van der Waals surface area contributed by atoms with E-state index in [1.54, 1.807) is 0 Å². The number of esters is 2. The van der Waals surface area contributed by atoms with Crippen LogP contribution in [-0.4, -0.2) is 88.8 Å². The van der Waals surface area contributed by atoms with Crippen LogP contribution >= 0.6 is 0 Å². The van der Waals surface area contributed by atoms with Crippen LogP contribution in [0, 0.1) is 11.8 Å². The van der Waals surface area contributed by atoms with Crippen molar-refractivity contribution in [1.82, 2.24) is 4.90 Å². The van der Waals surface area contributed by atoms with Gasteiger partial charge in [0.1, 0.15) is 0 Å². The Hall–Kier alpha value is -1.22. The minimum absolute atomic E-state index is 0.0107. The van der Waals surface area contributed by atoms with Crippen LogP contribution in [0.3, 0.4) is 0 Å². The number of carbonyl (C=O) groups is 2. The van der Waals surface area contributed by atoms with Gasteiger partial charge in [-0.25, -0.2) is 0 Å². The van der Waals surface area contributed by atoms with Crippen molar-refractivity contribution in [2.45, 2.75) is 298 Å². The molecular weight excluding hydrogens is 847 g/mol. The van der Waals surface area contributed by atoms with E-state index in [1.807, 2.05) is 6.92 Å². The smallest absolute Gasteiger partial charge is 0.305 e. The third-order valence-electron chi connectivity index (χ3n) is 14.2. The third kappa shape index (κ3) is 47.1. The highest BCUT2D eigenvalue weighted by atomic mass is 16.5. The van der Waals surface area contributed by atoms with Gasteiger partial charge in [0.15, 0.2) is 0 Å². The molecule has 2 unspecified atom stereocenters. The topological polar surface area (TPSA) is 83.5 Å². The summed E-state index contributed by atoms with van der Waals surface area (Å²) >= 11 is 0. The molecule has 0 aliphatic carbocycles. The lowest BCUT2D eigenvalue weighted by Gasteiger charge is -2.32. The molecule has 0 aliphatic heterocycles. The van der Waals surface area contributed by atoms with E-state index in [9.17, 15) is 9.59 Å². The van der Waals surface area contributed by atoms with E-state index >= 15 is 0 Å². The molecule has 0 bridgehead atoms. The van der Waals surface area contributed by atoms with Crippen molar-refractivity contribution >= 4 is 11.9 Å². The first kappa shape index (κ1) is 66.8. The molecule has 0 aromatic carbocycles. The van der Waals surface area contributed by atoms with Gasteiger partial charge >= 0.3 is 11.9 Å². The van der Waals surface area contributed by atoms with Crippen LogP contribution in [0.4, 0.5) is 0 Å². The highest BCUT2D eigenvalue weighted by molar-refractivity contribution is 5.69. The molecule has 0 fully saturated rings. The fraction of sp³-hybridized carbons (Fsp3) is 0.967. The summed E-state index contributed by atoms with van der Waals surface area (Å²) in [4.78, 5) is 28.1. The first-order valence-corrected chi connectivity index (χ1v) is 30.2. The zero-order valence-corrected chi connectivity index (χ0v) is 46.7. The van der Waals surface area contributed by atoms with Gasteiger partial charge in [0.2, 0.25) is 0 Å². The van der Waals surface area contributed by atoms with Gasteiger partial charge in [-0.05, 0) is 83.1 Å². The lowest BCUT2D eigenvalue weighted by Crippen LogP contribution is -2.39. The van der Waals surface area contributed by atoms with Crippen LogP contribution in [-0.2, 0) is 33.3 Å². The van der Waals surface area contributed by atoms with Crippen LogP contribution < -0.4 is 0 Å². The maximum absolute atomic E-state index is 12.6. The van der Waals surface area contributed by atoms with Crippen molar-refractivity contribution in [3.8, 4) is 0 Å². The molecule has 68 heavy (non-hydrogen) atoms. The number of ether oxygens (including phenoxy) is 5. The van der Waals surface area contributed by atoms with Crippen LogP contribution in [0.5, 0.6) is 0 Å². The Morgan fingerprint density at radius 2 is 0.676 bits per heavy atom. The summed E-state index contributed by atoms with van der Waals surface area (Å²) in [6.07, 6.45) is 47.0. The third-order valence-corrected chi connectivity index (χ3v) is 14.2. The second-order valence-corrected chi connectivity index (χ2v) is 20.6. The molecular formula is C60H119NO7. The maximum atomic E-state index is 12.6. The van der Waals surface area contributed by atoms with E-state index in [0.717, 1.165) is 52.0 Å². The quantitative estimate of drug-likeness (QED) is 0.0440. The number of hydrogen-bond donors (Lipinski definition) is 0. The standard InChI is InChI=1S/C60H119NO7/c1-7-13-18-21-26-31-38-47-61(48-49-65-52-53-66-51-50-64-12-6)58(43-34-27-22-24-29-36-45-59(62)67-54-56(39-16-10-4)41-32-19-14-8-2)44-35-28-23-25-30-37-46-60(63)68-55-57(40-17-11-5)42-33-20-15-9-3/h56-58H,7-55H2,1-6H3. The normalized spacial score (nSPS) is 13.0. The fourth-order valence-electron chi connectivity index (χ4n) is 9.63. The summed E-state index contributed by atoms with van der Waals surface area (Å²) in [6, 6.07) is 0.589. The van der Waals surface area contributed by atoms with Gasteiger partial charge in [-0.2, -0.15) is 0 Å². The molecule has 0 N–H and O–H groups in total. The van der Waals surface area contributed by atoms with E-state index in [4.69, 9.17) is 23.7 Å². The molecule has 0 radical (unpaired) electrons. The zero-order chi connectivity index (χ0) is 49.6. The summed E-state index contributed by atoms with van der Waals surface area (Å²) in [5, 5.41) is 0. The Kier molecular flexibility index (Phi) is 54.1. The second kappa shape index (κ2) is 55.1. The monoisotopic (exact) mass is 966 g/mol. The van der Waals surface area contributed by atoms with Crippen molar-refractivity contribution in [2.75, 3.05) is 65.9 Å². The number of nitrogens with zero attached hydrogens (tertiary/aromatic N) is 1. The summed E-state index contributed by atoms with van der Waals surface area (Å²) in [7, 11) is 0. The molecule has 8 nitrogen and oxygen atoms in total. The number of rotatable bonds is 57. The molecule has 8 heteroatoms. The fourth-order valence-corrected chi connectivity index (χ4v) is 9.63. The Bertz CT molecular complexity index is 956. The Balaban J connectivity index is 5.04. The minimum Gasteiger partial charge on any atom is -0.465 e. The summed E-state index contributed by atoms with van der Waals surface area (Å²) < 4.78 is 28.9. The SMILES string of the molecule is CCCCCCCCCN(CCOCCOCCOCC)C(CCCCCCCCC(=O)OCC(CCCC)CCCCCC)CCCCCCCCC(=O)OCC(CCCC)CCCCCC. The van der Waals surface area contributed by atoms with Crippen LogP contribution in [0.25, 0.3) is 0 Å². The maximum Gasteiger partial charge on any atom is 0.305 e. The summed E-state index contributed by atoms with van der Waals surface area (Å²) in [5.41, 5.74) is 0. The van der Waals surface area contributed by atoms with Crippen molar-refractivity contribution in [3.63, 3.8) is 0 Å². The van der Waals surface area contributed by atoms with E-state index in [2.05, 4.69) is 39.5 Å². The predicted molar refractivity (Wildman–Crippen MR) is 291 cm³/mol. The Morgan fingerprint density at radius 1 is 0.338 bits per heavy atom. The molecule has 0 saturated heterocycles. The van der Waals surface area contributed by atoms with E-state index < -0.39 is 0 Å². The lowest BCUT2D eigenvalue weighted by atomic mass is 9.96. The van der Waals surface area contributed by atoms with E-state index in [-0.39, 0.29) is 11.9 Å². The highest BCUT2D eigenvalue weighted by Gasteiger charge is 2.19. The first-order valence-electron chi connectivity index (χ1n) is 30.2. The summed E-state index contributed by atoms with van der Waals surface area (Å²) in [5.74, 6) is 1.09. The lowest BCUT2D eigenvalue weighted by molar-refractivity contribution is -0.146. The van der Waals surface area contributed by atoms with Crippen molar-refractivity contribution in [1.29, 1.82) is 0 Å². The molecule has 0 saturated carbocycles. The van der Waals surface area contributed by atoms with Gasteiger partial charge in [0.25, 0.3) is 0 Å². The van der Waals surface area contributed by atoms with Crippen molar-refractivity contribution in [2.24, 2.45) is 11.8 Å². The predicted octanol–water partition coefficient (Wildman–Crippen LogP) is 17.4. The van der Waals surface area contributed by atoms with E-state index in [1.165, 1.54) is 212 Å². The van der Waals surface area contributed by atoms with Crippen LogP contribution in [0.2, 0.25) is 0 Å². The number of unbranched alkanes of at least 4 members (excludes halogenated alkanes) is 24. The molecule has 0 rings (SSSR count). The van der Waals surface area contributed by atoms with Gasteiger partial charge in [-0.15, -0.1) is 0 Å². The van der Waals surface area contributed by atoms with E-state index in [0.29, 0.717) is 70.4 Å². The number of hydrogen-bond acceptors (Lipinski definition) is 8. The molecule has 0 aromatic rings. The average Bonchev–Trinajstić information content (AvgIpc) is 3.34. The molecule has 0 spiro atoms. The highest BCUT2D eigenvalue weighted by Crippen LogP contribution is 2.23. The second-order valence-electron chi connectivity index (χ2n) is 20.6.